The first-order valence-corrected chi connectivity index (χ1v) is 16.3. The molecule has 5 fully saturated rings. The highest BCUT2D eigenvalue weighted by molar-refractivity contribution is 5.79. The van der Waals surface area contributed by atoms with Crippen molar-refractivity contribution < 1.29 is 24.2 Å². The first kappa shape index (κ1) is 31.1. The van der Waals surface area contributed by atoms with Crippen LogP contribution < -0.4 is 21.3 Å². The second kappa shape index (κ2) is 14.9. The number of likely N-dealkylation sites (tertiary alicyclic amines) is 2. The fourth-order valence-electron chi connectivity index (χ4n) is 7.69. The van der Waals surface area contributed by atoms with Gasteiger partial charge in [-0.25, -0.2) is 0 Å². The summed E-state index contributed by atoms with van der Waals surface area (Å²) >= 11 is 0. The molecule has 7 unspecified atom stereocenters. The molecule has 4 saturated heterocycles. The Balaban J connectivity index is 0.966. The number of ether oxygens (including phenoxy) is 2. The fourth-order valence-corrected chi connectivity index (χ4v) is 7.69. The van der Waals surface area contributed by atoms with Gasteiger partial charge in [0, 0.05) is 57.6 Å². The predicted octanol–water partition coefficient (Wildman–Crippen LogP) is 0.0888. The summed E-state index contributed by atoms with van der Waals surface area (Å²) < 4.78 is 11.9. The summed E-state index contributed by atoms with van der Waals surface area (Å²) in [6, 6.07) is 0.288. The Bertz CT molecular complexity index is 853. The van der Waals surface area contributed by atoms with E-state index in [4.69, 9.17) is 9.47 Å². The number of fused-ring (bicyclic) bond motifs is 1. The molecule has 8 atom stereocenters. The molecule has 0 radical (unpaired) electrons. The van der Waals surface area contributed by atoms with Gasteiger partial charge in [-0.3, -0.25) is 20.2 Å². The molecule has 0 aromatic carbocycles. The molecule has 5 aliphatic rings. The maximum absolute atomic E-state index is 12.9. The normalized spacial score (nSPS) is 35.5. The first-order chi connectivity index (χ1) is 19.9. The van der Waals surface area contributed by atoms with Crippen molar-refractivity contribution in [1.82, 2.24) is 31.1 Å². The van der Waals surface area contributed by atoms with Crippen molar-refractivity contribution in [3.8, 4) is 0 Å². The largest absolute Gasteiger partial charge is 0.390 e. The summed E-state index contributed by atoms with van der Waals surface area (Å²) in [4.78, 5) is 29.2. The van der Waals surface area contributed by atoms with E-state index in [-0.39, 0.29) is 36.0 Å². The Morgan fingerprint density at radius 2 is 2.02 bits per heavy atom. The lowest BCUT2D eigenvalue weighted by Gasteiger charge is -2.47. The number of piperidine rings is 2. The van der Waals surface area contributed by atoms with Gasteiger partial charge >= 0.3 is 0 Å². The predicted molar refractivity (Wildman–Crippen MR) is 156 cm³/mol. The van der Waals surface area contributed by atoms with Gasteiger partial charge in [0.15, 0.2) is 0 Å². The van der Waals surface area contributed by atoms with Gasteiger partial charge in [-0.1, -0.05) is 13.8 Å². The second-order valence-electron chi connectivity index (χ2n) is 13.2. The minimum Gasteiger partial charge on any atom is -0.390 e. The molecule has 0 aromatic heterocycles. The highest BCUT2D eigenvalue weighted by Gasteiger charge is 2.41. The van der Waals surface area contributed by atoms with Crippen molar-refractivity contribution in [1.29, 1.82) is 0 Å². The minimum absolute atomic E-state index is 0.0374. The zero-order chi connectivity index (χ0) is 28.8. The number of aliphatic hydroxyl groups is 1. The highest BCUT2D eigenvalue weighted by atomic mass is 16.5. The van der Waals surface area contributed by atoms with E-state index in [2.05, 4.69) is 33.1 Å². The van der Waals surface area contributed by atoms with Gasteiger partial charge in [-0.05, 0) is 69.4 Å². The summed E-state index contributed by atoms with van der Waals surface area (Å²) in [6.07, 6.45) is 6.44. The van der Waals surface area contributed by atoms with E-state index in [0.717, 1.165) is 71.4 Å². The number of nitrogens with one attached hydrogen (secondary N) is 4. The van der Waals surface area contributed by atoms with E-state index in [0.29, 0.717) is 56.7 Å². The summed E-state index contributed by atoms with van der Waals surface area (Å²) in [5.74, 6) is 2.07. The van der Waals surface area contributed by atoms with Crippen LogP contribution in [0.5, 0.6) is 0 Å². The van der Waals surface area contributed by atoms with E-state index >= 15 is 0 Å². The lowest BCUT2D eigenvalue weighted by molar-refractivity contribution is -0.136. The van der Waals surface area contributed by atoms with Gasteiger partial charge < -0.3 is 35.0 Å². The van der Waals surface area contributed by atoms with Gasteiger partial charge in [-0.15, -0.1) is 0 Å². The number of β-amino-alcohol motifs (C(OH)–C–C–N with tert-alkyl or cyclic N) is 1. The maximum Gasteiger partial charge on any atom is 0.223 e. The van der Waals surface area contributed by atoms with Crippen LogP contribution in [-0.2, 0) is 19.1 Å². The number of rotatable bonds is 12. The van der Waals surface area contributed by atoms with E-state index in [1.807, 2.05) is 11.8 Å². The van der Waals surface area contributed by atoms with Crippen LogP contribution in [0.4, 0.5) is 0 Å². The standard InChI is InChI=1S/C30H54N6O5/c1-3-4-29(38)36-15-23(16-36)34-28-11-21(7-9-32-28)30(39)33-12-24(37)17-35-10-8-26-20(2)27(6-5-22(26)14-35)40-18-25-13-31-19-41-25/h20-28,31-32,34,37H,3-19H2,1-2H3,(H,33,39)/t20?,21?,22?,24-,25?,26?,27?,28?/m0/s1. The van der Waals surface area contributed by atoms with Crippen LogP contribution >= 0.6 is 0 Å². The van der Waals surface area contributed by atoms with Crippen molar-refractivity contribution in [2.45, 2.75) is 89.3 Å². The molecule has 234 valence electrons. The zero-order valence-corrected chi connectivity index (χ0v) is 25.2. The second-order valence-corrected chi connectivity index (χ2v) is 13.2. The Morgan fingerprint density at radius 3 is 2.80 bits per heavy atom. The summed E-state index contributed by atoms with van der Waals surface area (Å²) in [6.45, 7) is 11.8. The topological polar surface area (TPSA) is 127 Å². The molecule has 5 rings (SSSR count). The molecule has 4 heterocycles. The van der Waals surface area contributed by atoms with Crippen molar-refractivity contribution in [2.75, 3.05) is 65.7 Å². The van der Waals surface area contributed by atoms with Crippen molar-refractivity contribution in [3.63, 3.8) is 0 Å². The molecular formula is C30H54N6O5. The monoisotopic (exact) mass is 578 g/mol. The van der Waals surface area contributed by atoms with E-state index < -0.39 is 6.10 Å². The molecule has 1 saturated carbocycles. The van der Waals surface area contributed by atoms with Crippen LogP contribution in [0.2, 0.25) is 0 Å². The van der Waals surface area contributed by atoms with Crippen LogP contribution in [0.15, 0.2) is 0 Å². The number of carbonyl (C=O) groups excluding carboxylic acids is 2. The number of hydrogen-bond acceptors (Lipinski definition) is 9. The summed E-state index contributed by atoms with van der Waals surface area (Å²) in [7, 11) is 0. The third kappa shape index (κ3) is 8.40. The Hall–Kier alpha value is -1.34. The van der Waals surface area contributed by atoms with E-state index in [9.17, 15) is 14.7 Å². The quantitative estimate of drug-likeness (QED) is 0.219. The third-order valence-electron chi connectivity index (χ3n) is 10.1. The molecule has 11 nitrogen and oxygen atoms in total. The SMILES string of the molecule is CCCC(=O)N1CC(NC2CC(C(=O)NC[C@H](O)CN3CCC4C(CCC(OCC5CNCO5)C4C)C3)CCN2)C1. The number of carbonyl (C=O) groups is 2. The number of nitrogens with zero attached hydrogens (tertiary/aromatic N) is 2. The molecule has 5 N–H and O–H groups in total. The summed E-state index contributed by atoms with van der Waals surface area (Å²) in [5.41, 5.74) is 0. The summed E-state index contributed by atoms with van der Waals surface area (Å²) in [5, 5.41) is 24.1. The molecule has 4 aliphatic heterocycles. The highest BCUT2D eigenvalue weighted by Crippen LogP contribution is 2.41. The lowest BCUT2D eigenvalue weighted by atomic mass is 9.68. The average molecular weight is 579 g/mol. The molecule has 0 bridgehead atoms. The molecule has 2 amide bonds. The van der Waals surface area contributed by atoms with Crippen LogP contribution in [0.1, 0.15) is 58.8 Å². The molecular weight excluding hydrogens is 524 g/mol. The molecule has 1 aliphatic carbocycles. The lowest BCUT2D eigenvalue weighted by Crippen LogP contribution is -2.64. The Labute approximate surface area is 245 Å². The van der Waals surface area contributed by atoms with Crippen molar-refractivity contribution in [3.05, 3.63) is 0 Å². The van der Waals surface area contributed by atoms with Crippen LogP contribution in [0.25, 0.3) is 0 Å². The molecule has 0 aromatic rings. The molecule has 41 heavy (non-hydrogen) atoms. The first-order valence-electron chi connectivity index (χ1n) is 16.3. The van der Waals surface area contributed by atoms with Crippen LogP contribution in [0.3, 0.4) is 0 Å². The van der Waals surface area contributed by atoms with Gasteiger partial charge in [0.25, 0.3) is 0 Å². The number of hydrogen-bond donors (Lipinski definition) is 5. The fraction of sp³-hybridized carbons (Fsp3) is 0.933. The third-order valence-corrected chi connectivity index (χ3v) is 10.1. The van der Waals surface area contributed by atoms with E-state index in [1.54, 1.807) is 0 Å². The van der Waals surface area contributed by atoms with E-state index in [1.165, 1.54) is 6.42 Å². The number of aliphatic hydroxyl groups excluding tert-OH is 1. The Kier molecular flexibility index (Phi) is 11.3. The zero-order valence-electron chi connectivity index (χ0n) is 25.2. The number of amides is 2. The smallest absolute Gasteiger partial charge is 0.223 e. The molecule has 11 heteroatoms. The van der Waals surface area contributed by atoms with Crippen LogP contribution in [-0.4, -0.2) is 123 Å². The van der Waals surface area contributed by atoms with Crippen molar-refractivity contribution in [2.24, 2.45) is 23.7 Å². The van der Waals surface area contributed by atoms with Gasteiger partial charge in [0.1, 0.15) is 0 Å². The maximum atomic E-state index is 12.9. The van der Waals surface area contributed by atoms with Crippen LogP contribution in [0, 0.1) is 23.7 Å². The van der Waals surface area contributed by atoms with Crippen molar-refractivity contribution >= 4 is 11.8 Å². The van der Waals surface area contributed by atoms with Gasteiger partial charge in [0.2, 0.25) is 11.8 Å². The average Bonchev–Trinajstić information content (AvgIpc) is 3.47. The Morgan fingerprint density at radius 1 is 1.17 bits per heavy atom. The van der Waals surface area contributed by atoms with Gasteiger partial charge in [-0.2, -0.15) is 0 Å². The molecule has 0 spiro atoms. The van der Waals surface area contributed by atoms with Gasteiger partial charge in [0.05, 0.1) is 37.8 Å². The minimum atomic E-state index is -0.565.